The third-order valence-electron chi connectivity index (χ3n) is 2.49. The summed E-state index contributed by atoms with van der Waals surface area (Å²) in [4.78, 5) is 15.6. The molecule has 0 radical (unpaired) electrons. The summed E-state index contributed by atoms with van der Waals surface area (Å²) in [6, 6.07) is 5.18. The van der Waals surface area contributed by atoms with E-state index in [-0.39, 0.29) is 11.4 Å². The van der Waals surface area contributed by atoms with E-state index < -0.39 is 23.5 Å². The second-order valence-corrected chi connectivity index (χ2v) is 4.92. The Morgan fingerprint density at radius 1 is 1.19 bits per heavy atom. The number of aromatic nitrogens is 1. The van der Waals surface area contributed by atoms with Gasteiger partial charge in [-0.1, -0.05) is 0 Å². The van der Waals surface area contributed by atoms with E-state index in [1.54, 1.807) is 6.07 Å². The molecular weight excluding hydrogens is 356 g/mol. The monoisotopic (exact) mass is 362 g/mol. The van der Waals surface area contributed by atoms with Crippen LogP contribution in [0.4, 0.5) is 23.2 Å². The van der Waals surface area contributed by atoms with Gasteiger partial charge in [0.15, 0.2) is 0 Å². The van der Waals surface area contributed by atoms with E-state index in [2.05, 4.69) is 26.2 Å². The number of nitrogens with one attached hydrogen (secondary N) is 1. The fraction of sp³-hybridized carbons (Fsp3) is 0.0769. The summed E-state index contributed by atoms with van der Waals surface area (Å²) in [5.41, 5.74) is -1.58. The Morgan fingerprint density at radius 2 is 1.90 bits per heavy atom. The van der Waals surface area contributed by atoms with Gasteiger partial charge in [-0.2, -0.15) is 13.2 Å². The van der Waals surface area contributed by atoms with Gasteiger partial charge in [0.05, 0.1) is 5.56 Å². The van der Waals surface area contributed by atoms with Crippen molar-refractivity contribution in [1.29, 1.82) is 0 Å². The predicted molar refractivity (Wildman–Crippen MR) is 71.3 cm³/mol. The molecule has 0 bridgehead atoms. The first kappa shape index (κ1) is 15.4. The van der Waals surface area contributed by atoms with Crippen LogP contribution in [-0.4, -0.2) is 10.9 Å². The van der Waals surface area contributed by atoms with Crippen LogP contribution in [0.25, 0.3) is 0 Å². The molecule has 0 unspecified atom stereocenters. The molecule has 110 valence electrons. The lowest BCUT2D eigenvalue weighted by Gasteiger charge is -2.10. The smallest absolute Gasteiger partial charge is 0.321 e. The van der Waals surface area contributed by atoms with Crippen LogP contribution in [0, 0.1) is 5.82 Å². The molecule has 2 rings (SSSR count). The van der Waals surface area contributed by atoms with Gasteiger partial charge in [0.1, 0.15) is 11.5 Å². The van der Waals surface area contributed by atoms with Gasteiger partial charge in [0.25, 0.3) is 5.91 Å². The largest absolute Gasteiger partial charge is 0.419 e. The van der Waals surface area contributed by atoms with Crippen molar-refractivity contribution in [3.05, 3.63) is 58.1 Å². The van der Waals surface area contributed by atoms with Gasteiger partial charge in [-0.3, -0.25) is 4.79 Å². The van der Waals surface area contributed by atoms with Crippen molar-refractivity contribution in [3.8, 4) is 0 Å². The number of hydrogen-bond donors (Lipinski definition) is 1. The molecule has 8 heteroatoms. The van der Waals surface area contributed by atoms with Crippen molar-refractivity contribution < 1.29 is 22.4 Å². The number of halogens is 5. The molecule has 0 aliphatic rings. The average Bonchev–Trinajstić information content (AvgIpc) is 2.40. The maximum atomic E-state index is 13.1. The van der Waals surface area contributed by atoms with Crippen LogP contribution in [0.5, 0.6) is 0 Å². The summed E-state index contributed by atoms with van der Waals surface area (Å²) >= 11 is 3.14. The highest BCUT2D eigenvalue weighted by Gasteiger charge is 2.34. The molecule has 2 aromatic rings. The van der Waals surface area contributed by atoms with Crippen molar-refractivity contribution in [2.24, 2.45) is 0 Å². The SMILES string of the molecule is O=C(Nc1ccc(F)c(C(F)(F)F)c1)c1ccc(Br)cn1. The number of rotatable bonds is 2. The number of amides is 1. The van der Waals surface area contributed by atoms with Crippen LogP contribution in [-0.2, 0) is 6.18 Å². The van der Waals surface area contributed by atoms with Crippen molar-refractivity contribution in [1.82, 2.24) is 4.98 Å². The summed E-state index contributed by atoms with van der Waals surface area (Å²) < 4.78 is 51.5. The molecule has 1 N–H and O–H groups in total. The number of alkyl halides is 3. The van der Waals surface area contributed by atoms with Gasteiger partial charge in [-0.05, 0) is 46.3 Å². The van der Waals surface area contributed by atoms with Gasteiger partial charge in [0.2, 0.25) is 0 Å². The second kappa shape index (κ2) is 5.80. The fourth-order valence-electron chi connectivity index (χ4n) is 1.53. The molecule has 1 heterocycles. The Kier molecular flexibility index (Phi) is 4.26. The minimum atomic E-state index is -4.83. The number of carbonyl (C=O) groups is 1. The molecule has 0 spiro atoms. The summed E-state index contributed by atoms with van der Waals surface area (Å²) in [5, 5.41) is 2.23. The van der Waals surface area contributed by atoms with Crippen molar-refractivity contribution in [3.63, 3.8) is 0 Å². The highest BCUT2D eigenvalue weighted by atomic mass is 79.9. The normalized spacial score (nSPS) is 11.3. The Balaban J connectivity index is 2.24. The lowest BCUT2D eigenvalue weighted by Crippen LogP contribution is -2.15. The quantitative estimate of drug-likeness (QED) is 0.811. The predicted octanol–water partition coefficient (Wildman–Crippen LogP) is 4.25. The van der Waals surface area contributed by atoms with Gasteiger partial charge < -0.3 is 5.32 Å². The lowest BCUT2D eigenvalue weighted by atomic mass is 10.1. The topological polar surface area (TPSA) is 42.0 Å². The van der Waals surface area contributed by atoms with Crippen LogP contribution in [0.2, 0.25) is 0 Å². The van der Waals surface area contributed by atoms with E-state index in [1.807, 2.05) is 0 Å². The summed E-state index contributed by atoms with van der Waals surface area (Å²) in [6.07, 6.45) is -3.46. The zero-order valence-electron chi connectivity index (χ0n) is 10.2. The van der Waals surface area contributed by atoms with Gasteiger partial charge >= 0.3 is 6.18 Å². The molecule has 1 aromatic carbocycles. The summed E-state index contributed by atoms with van der Waals surface area (Å²) in [7, 11) is 0. The van der Waals surface area contributed by atoms with Crippen LogP contribution in [0.15, 0.2) is 41.0 Å². The maximum Gasteiger partial charge on any atom is 0.419 e. The number of benzene rings is 1. The Bertz CT molecular complexity index is 671. The average molecular weight is 363 g/mol. The third kappa shape index (κ3) is 3.78. The highest BCUT2D eigenvalue weighted by Crippen LogP contribution is 2.33. The van der Waals surface area contributed by atoms with Crippen molar-refractivity contribution >= 4 is 27.5 Å². The molecule has 0 atom stereocenters. The maximum absolute atomic E-state index is 13.1. The van der Waals surface area contributed by atoms with Gasteiger partial charge in [-0.25, -0.2) is 9.37 Å². The second-order valence-electron chi connectivity index (χ2n) is 4.01. The number of hydrogen-bond acceptors (Lipinski definition) is 2. The van der Waals surface area contributed by atoms with E-state index >= 15 is 0 Å². The zero-order valence-corrected chi connectivity index (χ0v) is 11.8. The third-order valence-corrected chi connectivity index (χ3v) is 2.96. The van der Waals surface area contributed by atoms with Crippen molar-refractivity contribution in [2.75, 3.05) is 5.32 Å². The number of carbonyl (C=O) groups excluding carboxylic acids is 1. The molecule has 0 fully saturated rings. The molecule has 21 heavy (non-hydrogen) atoms. The minimum absolute atomic E-state index is 0.0242. The van der Waals surface area contributed by atoms with Gasteiger partial charge in [0, 0.05) is 16.4 Å². The zero-order chi connectivity index (χ0) is 15.6. The number of nitrogens with zero attached hydrogens (tertiary/aromatic N) is 1. The Labute approximate surface area is 125 Å². The Hall–Kier alpha value is -1.96. The molecule has 0 saturated carbocycles. The van der Waals surface area contributed by atoms with E-state index in [0.717, 1.165) is 6.07 Å². The first-order valence-electron chi connectivity index (χ1n) is 5.57. The molecule has 1 aromatic heterocycles. The van der Waals surface area contributed by atoms with E-state index in [4.69, 9.17) is 0 Å². The fourth-order valence-corrected chi connectivity index (χ4v) is 1.76. The first-order chi connectivity index (χ1) is 9.77. The minimum Gasteiger partial charge on any atom is -0.321 e. The van der Waals surface area contributed by atoms with Crippen molar-refractivity contribution in [2.45, 2.75) is 6.18 Å². The van der Waals surface area contributed by atoms with Gasteiger partial charge in [-0.15, -0.1) is 0 Å². The first-order valence-corrected chi connectivity index (χ1v) is 6.36. The van der Waals surface area contributed by atoms with Crippen LogP contribution < -0.4 is 5.32 Å². The summed E-state index contributed by atoms with van der Waals surface area (Å²) in [6.45, 7) is 0. The molecule has 0 saturated heterocycles. The molecule has 1 amide bonds. The van der Waals surface area contributed by atoms with E-state index in [0.29, 0.717) is 16.6 Å². The molecule has 0 aliphatic carbocycles. The standard InChI is InChI=1S/C13H7BrF4N2O/c14-7-1-4-11(19-6-7)12(21)20-8-2-3-10(15)9(5-8)13(16,17)18/h1-6H,(H,20,21). The van der Waals surface area contributed by atoms with Crippen LogP contribution in [0.1, 0.15) is 16.1 Å². The summed E-state index contributed by atoms with van der Waals surface area (Å²) in [5.74, 6) is -2.09. The number of anilines is 1. The number of pyridine rings is 1. The molecule has 0 aliphatic heterocycles. The van der Waals surface area contributed by atoms with Crippen LogP contribution >= 0.6 is 15.9 Å². The lowest BCUT2D eigenvalue weighted by molar-refractivity contribution is -0.139. The highest BCUT2D eigenvalue weighted by molar-refractivity contribution is 9.10. The van der Waals surface area contributed by atoms with Crippen LogP contribution in [0.3, 0.4) is 0 Å². The Morgan fingerprint density at radius 3 is 2.48 bits per heavy atom. The van der Waals surface area contributed by atoms with E-state index in [1.165, 1.54) is 12.3 Å². The van der Waals surface area contributed by atoms with E-state index in [9.17, 15) is 22.4 Å². The molecular formula is C13H7BrF4N2O. The molecule has 3 nitrogen and oxygen atoms in total.